The van der Waals surface area contributed by atoms with E-state index in [-0.39, 0.29) is 0 Å². The third-order valence-electron chi connectivity index (χ3n) is 5.46. The first-order chi connectivity index (χ1) is 13.8. The predicted molar refractivity (Wildman–Crippen MR) is 114 cm³/mol. The Morgan fingerprint density at radius 1 is 0.964 bits per heavy atom. The molecule has 0 radical (unpaired) electrons. The first kappa shape index (κ1) is 17.3. The molecule has 1 aliphatic rings. The van der Waals surface area contributed by atoms with Gasteiger partial charge < -0.3 is 4.90 Å². The van der Waals surface area contributed by atoms with Crippen molar-refractivity contribution in [3.63, 3.8) is 0 Å². The lowest BCUT2D eigenvalue weighted by molar-refractivity contribution is 0.502. The number of imidazole rings is 1. The molecular weight excluding hydrogens is 368 g/mol. The number of nitrogens with zero attached hydrogens (tertiary/aromatic N) is 4. The molecule has 28 heavy (non-hydrogen) atoms. The lowest BCUT2D eigenvalue weighted by Crippen LogP contribution is -2.34. The van der Waals surface area contributed by atoms with Gasteiger partial charge in [0.1, 0.15) is 5.65 Å². The minimum Gasteiger partial charge on any atom is -0.371 e. The van der Waals surface area contributed by atoms with Crippen LogP contribution in [0.1, 0.15) is 24.5 Å². The van der Waals surface area contributed by atoms with E-state index in [1.165, 1.54) is 18.5 Å². The van der Waals surface area contributed by atoms with Crippen LogP contribution in [-0.2, 0) is 0 Å². The molecule has 4 nitrogen and oxygen atoms in total. The average molecular weight is 389 g/mol. The van der Waals surface area contributed by atoms with Gasteiger partial charge >= 0.3 is 0 Å². The van der Waals surface area contributed by atoms with Crippen LogP contribution >= 0.6 is 11.6 Å². The van der Waals surface area contributed by atoms with Gasteiger partial charge in [0.25, 0.3) is 0 Å². The number of hydrogen-bond donors (Lipinski definition) is 0. The van der Waals surface area contributed by atoms with Crippen molar-refractivity contribution in [3.05, 3.63) is 83.8 Å². The first-order valence-electron chi connectivity index (χ1n) is 9.68. The molecule has 0 bridgehead atoms. The molecule has 0 unspecified atom stereocenters. The molecule has 1 aliphatic heterocycles. The molecule has 4 heterocycles. The van der Waals surface area contributed by atoms with Crippen molar-refractivity contribution in [1.82, 2.24) is 14.4 Å². The van der Waals surface area contributed by atoms with Crippen LogP contribution in [0, 0.1) is 0 Å². The Hall–Kier alpha value is -2.85. The van der Waals surface area contributed by atoms with E-state index >= 15 is 0 Å². The molecule has 0 saturated carbocycles. The lowest BCUT2D eigenvalue weighted by Gasteiger charge is -2.34. The number of para-hydroxylation sites is 1. The number of fused-ring (bicyclic) bond motifs is 1. The third kappa shape index (κ3) is 3.25. The van der Waals surface area contributed by atoms with Gasteiger partial charge in [-0.25, -0.2) is 4.98 Å². The van der Waals surface area contributed by atoms with Crippen LogP contribution in [-0.4, -0.2) is 27.5 Å². The van der Waals surface area contributed by atoms with Crippen molar-refractivity contribution in [1.29, 1.82) is 0 Å². The van der Waals surface area contributed by atoms with E-state index in [0.29, 0.717) is 10.9 Å². The maximum atomic E-state index is 6.19. The summed E-state index contributed by atoms with van der Waals surface area (Å²) in [5.74, 6) is 0.427. The summed E-state index contributed by atoms with van der Waals surface area (Å²) in [5.41, 5.74) is 5.22. The van der Waals surface area contributed by atoms with Gasteiger partial charge in [0.15, 0.2) is 0 Å². The van der Waals surface area contributed by atoms with Crippen molar-refractivity contribution in [3.8, 4) is 11.4 Å². The summed E-state index contributed by atoms with van der Waals surface area (Å²) in [7, 11) is 0. The molecule has 5 rings (SSSR count). The van der Waals surface area contributed by atoms with E-state index in [1.807, 2.05) is 35.0 Å². The van der Waals surface area contributed by atoms with Crippen LogP contribution in [0.3, 0.4) is 0 Å². The second kappa shape index (κ2) is 7.28. The Balaban J connectivity index is 1.46. The first-order valence-corrected chi connectivity index (χ1v) is 10.1. The highest BCUT2D eigenvalue weighted by molar-refractivity contribution is 6.30. The fourth-order valence-corrected chi connectivity index (χ4v) is 4.22. The molecule has 140 valence electrons. The summed E-state index contributed by atoms with van der Waals surface area (Å²) in [6, 6.07) is 20.7. The zero-order chi connectivity index (χ0) is 18.9. The van der Waals surface area contributed by atoms with Gasteiger partial charge in [0.05, 0.1) is 22.6 Å². The Morgan fingerprint density at radius 3 is 2.75 bits per heavy atom. The van der Waals surface area contributed by atoms with E-state index in [2.05, 4.69) is 52.3 Å². The molecule has 0 aliphatic carbocycles. The van der Waals surface area contributed by atoms with Crippen molar-refractivity contribution in [2.24, 2.45) is 0 Å². The zero-order valence-corrected chi connectivity index (χ0v) is 16.3. The van der Waals surface area contributed by atoms with E-state index in [4.69, 9.17) is 16.6 Å². The Labute approximate surface area is 169 Å². The number of halogens is 1. The van der Waals surface area contributed by atoms with Crippen LogP contribution in [0.15, 0.2) is 73.1 Å². The molecular formula is C23H21ClN4. The monoisotopic (exact) mass is 388 g/mol. The molecule has 0 N–H and O–H groups in total. The van der Waals surface area contributed by atoms with Gasteiger partial charge in [0.2, 0.25) is 0 Å². The molecule has 1 saturated heterocycles. The summed E-state index contributed by atoms with van der Waals surface area (Å²) in [6.45, 7) is 2.10. The molecule has 5 heteroatoms. The zero-order valence-electron chi connectivity index (χ0n) is 15.5. The Kier molecular flexibility index (Phi) is 4.49. The van der Waals surface area contributed by atoms with E-state index in [1.54, 1.807) is 0 Å². The van der Waals surface area contributed by atoms with Crippen molar-refractivity contribution < 1.29 is 0 Å². The van der Waals surface area contributed by atoms with Gasteiger partial charge in [-0.05, 0) is 49.2 Å². The van der Waals surface area contributed by atoms with E-state index in [0.717, 1.165) is 35.8 Å². The van der Waals surface area contributed by atoms with Gasteiger partial charge in [-0.2, -0.15) is 0 Å². The Bertz CT molecular complexity index is 1110. The molecule has 1 fully saturated rings. The summed E-state index contributed by atoms with van der Waals surface area (Å²) < 4.78 is 2.01. The fraction of sp³-hybridized carbons (Fsp3) is 0.217. The van der Waals surface area contributed by atoms with Crippen LogP contribution in [0.2, 0.25) is 5.02 Å². The van der Waals surface area contributed by atoms with Crippen LogP contribution in [0.5, 0.6) is 0 Å². The lowest BCUT2D eigenvalue weighted by atomic mass is 9.93. The quantitative estimate of drug-likeness (QED) is 0.469. The van der Waals surface area contributed by atoms with Gasteiger partial charge in [-0.1, -0.05) is 35.9 Å². The number of pyridine rings is 2. The highest BCUT2D eigenvalue weighted by Gasteiger charge is 2.23. The van der Waals surface area contributed by atoms with Crippen molar-refractivity contribution in [2.45, 2.75) is 18.8 Å². The number of piperidine rings is 1. The number of benzene rings is 1. The van der Waals surface area contributed by atoms with E-state index in [9.17, 15) is 0 Å². The highest BCUT2D eigenvalue weighted by Crippen LogP contribution is 2.30. The second-order valence-corrected chi connectivity index (χ2v) is 7.72. The van der Waals surface area contributed by atoms with Crippen LogP contribution in [0.4, 0.5) is 5.69 Å². The third-order valence-corrected chi connectivity index (χ3v) is 5.69. The highest BCUT2D eigenvalue weighted by atomic mass is 35.5. The van der Waals surface area contributed by atoms with E-state index < -0.39 is 0 Å². The fourth-order valence-electron chi connectivity index (χ4n) is 4.06. The molecule has 1 aromatic carbocycles. The van der Waals surface area contributed by atoms with Crippen molar-refractivity contribution >= 4 is 22.9 Å². The maximum Gasteiger partial charge on any atom is 0.137 e. The second-order valence-electron chi connectivity index (χ2n) is 7.29. The SMILES string of the molecule is Clc1ccc2ncc(-c3cccc([C@@H]4CCCN(c5ccccc5)C4)n3)n2c1. The number of anilines is 1. The van der Waals surface area contributed by atoms with Crippen LogP contribution in [0.25, 0.3) is 17.0 Å². The summed E-state index contributed by atoms with van der Waals surface area (Å²) in [4.78, 5) is 12.0. The minimum absolute atomic E-state index is 0.427. The number of aromatic nitrogens is 3. The number of rotatable bonds is 3. The predicted octanol–water partition coefficient (Wildman–Crippen LogP) is 5.43. The van der Waals surface area contributed by atoms with Gasteiger partial charge in [-0.15, -0.1) is 0 Å². The van der Waals surface area contributed by atoms with Crippen molar-refractivity contribution in [2.75, 3.05) is 18.0 Å². The van der Waals surface area contributed by atoms with Gasteiger partial charge in [-0.3, -0.25) is 9.38 Å². The summed E-state index contributed by atoms with van der Waals surface area (Å²) in [6.07, 6.45) is 6.11. The Morgan fingerprint density at radius 2 is 1.86 bits per heavy atom. The topological polar surface area (TPSA) is 33.4 Å². The molecule has 3 aromatic heterocycles. The normalized spacial score (nSPS) is 17.2. The molecule has 1 atom stereocenters. The minimum atomic E-state index is 0.427. The summed E-state index contributed by atoms with van der Waals surface area (Å²) in [5, 5.41) is 0.689. The summed E-state index contributed by atoms with van der Waals surface area (Å²) >= 11 is 6.19. The molecule has 0 amide bonds. The molecule has 0 spiro atoms. The largest absolute Gasteiger partial charge is 0.371 e. The van der Waals surface area contributed by atoms with Crippen LogP contribution < -0.4 is 4.90 Å². The molecule has 4 aromatic rings. The average Bonchev–Trinajstić information content (AvgIpc) is 3.18. The maximum absolute atomic E-state index is 6.19. The van der Waals surface area contributed by atoms with Gasteiger partial charge in [0, 0.05) is 36.6 Å². The standard InChI is InChI=1S/C23H21ClN4/c24-18-11-12-23-25-14-22(28(23)16-18)21-10-4-9-20(26-21)17-6-5-13-27(15-17)19-7-2-1-3-8-19/h1-4,7-12,14,16-17H,5-6,13,15H2/t17-/m1/s1. The smallest absolute Gasteiger partial charge is 0.137 e. The number of hydrogen-bond acceptors (Lipinski definition) is 3.